The van der Waals surface area contributed by atoms with Crippen molar-refractivity contribution in [2.45, 2.75) is 19.4 Å². The normalized spacial score (nSPS) is 21.1. The van der Waals surface area contributed by atoms with Gasteiger partial charge in [-0.25, -0.2) is 0 Å². The Morgan fingerprint density at radius 1 is 1.61 bits per heavy atom. The van der Waals surface area contributed by atoms with Gasteiger partial charge in [0.05, 0.1) is 17.7 Å². The summed E-state index contributed by atoms with van der Waals surface area (Å²) >= 11 is 0. The molecule has 1 heterocycles. The van der Waals surface area contributed by atoms with E-state index in [9.17, 15) is 5.11 Å². The molecule has 4 heteroatoms. The van der Waals surface area contributed by atoms with Crippen LogP contribution in [0.5, 0.6) is 0 Å². The molecule has 0 unspecified atom stereocenters. The fraction of sp³-hybridized carbons (Fsp3) is 0.286. The predicted octanol–water partition coefficient (Wildman–Crippen LogP) is 1.58. The van der Waals surface area contributed by atoms with Gasteiger partial charge in [0.15, 0.2) is 0 Å². The highest BCUT2D eigenvalue weighted by molar-refractivity contribution is 6.10. The molecule has 1 aliphatic rings. The summed E-state index contributed by atoms with van der Waals surface area (Å²) in [6.07, 6.45) is 1.47. The van der Waals surface area contributed by atoms with Crippen molar-refractivity contribution < 1.29 is 5.11 Å². The summed E-state index contributed by atoms with van der Waals surface area (Å²) in [4.78, 5) is 0. The Kier molecular flexibility index (Phi) is 3.45. The molecule has 18 heavy (non-hydrogen) atoms. The highest BCUT2D eigenvalue weighted by atomic mass is 16.3. The van der Waals surface area contributed by atoms with Crippen LogP contribution < -0.4 is 5.32 Å². The lowest BCUT2D eigenvalue weighted by Gasteiger charge is -2.10. The SMILES string of the molecule is Cc1cc(C#N)ccc1/C(C=N)=C1\C[C@H](O)CN1. The minimum atomic E-state index is -0.381. The van der Waals surface area contributed by atoms with E-state index in [1.54, 1.807) is 6.07 Å². The Hall–Kier alpha value is -2.12. The lowest BCUT2D eigenvalue weighted by Crippen LogP contribution is -2.12. The molecule has 0 amide bonds. The van der Waals surface area contributed by atoms with Crippen LogP contribution in [0.4, 0.5) is 0 Å². The van der Waals surface area contributed by atoms with Gasteiger partial charge < -0.3 is 15.8 Å². The molecule has 0 aliphatic carbocycles. The molecule has 0 aromatic heterocycles. The number of nitrogens with zero attached hydrogens (tertiary/aromatic N) is 1. The first-order valence-corrected chi connectivity index (χ1v) is 5.82. The Morgan fingerprint density at radius 2 is 2.39 bits per heavy atom. The molecule has 0 bridgehead atoms. The molecular weight excluding hydrogens is 226 g/mol. The van der Waals surface area contributed by atoms with Gasteiger partial charge in [-0.3, -0.25) is 0 Å². The van der Waals surface area contributed by atoms with Crippen molar-refractivity contribution in [3.63, 3.8) is 0 Å². The Labute approximate surface area is 106 Å². The maximum atomic E-state index is 9.53. The molecule has 1 saturated heterocycles. The van der Waals surface area contributed by atoms with Crippen LogP contribution in [0, 0.1) is 23.7 Å². The van der Waals surface area contributed by atoms with Crippen LogP contribution in [0.2, 0.25) is 0 Å². The van der Waals surface area contributed by atoms with Gasteiger partial charge in [-0.05, 0) is 30.2 Å². The summed E-state index contributed by atoms with van der Waals surface area (Å²) in [7, 11) is 0. The average molecular weight is 241 g/mol. The number of benzene rings is 1. The molecule has 0 radical (unpaired) electrons. The van der Waals surface area contributed by atoms with E-state index in [4.69, 9.17) is 10.7 Å². The highest BCUT2D eigenvalue weighted by Gasteiger charge is 2.20. The molecule has 0 spiro atoms. The number of aliphatic hydroxyl groups is 1. The van der Waals surface area contributed by atoms with Gasteiger partial charge in [0.1, 0.15) is 0 Å². The molecule has 2 rings (SSSR count). The third-order valence-corrected chi connectivity index (χ3v) is 3.11. The van der Waals surface area contributed by atoms with E-state index in [2.05, 4.69) is 11.4 Å². The van der Waals surface area contributed by atoms with Crippen molar-refractivity contribution in [1.82, 2.24) is 5.32 Å². The molecule has 1 fully saturated rings. The van der Waals surface area contributed by atoms with Gasteiger partial charge in [0.2, 0.25) is 0 Å². The third kappa shape index (κ3) is 2.27. The van der Waals surface area contributed by atoms with Crippen molar-refractivity contribution in [2.75, 3.05) is 6.54 Å². The Bertz CT molecular complexity index is 555. The lowest BCUT2D eigenvalue weighted by molar-refractivity contribution is 0.198. The maximum Gasteiger partial charge on any atom is 0.0991 e. The number of nitrogens with one attached hydrogen (secondary N) is 2. The summed E-state index contributed by atoms with van der Waals surface area (Å²) < 4.78 is 0. The summed E-state index contributed by atoms with van der Waals surface area (Å²) in [6.45, 7) is 2.45. The summed E-state index contributed by atoms with van der Waals surface area (Å²) in [5.74, 6) is 0. The van der Waals surface area contributed by atoms with Crippen molar-refractivity contribution >= 4 is 11.8 Å². The zero-order valence-corrected chi connectivity index (χ0v) is 10.2. The third-order valence-electron chi connectivity index (χ3n) is 3.11. The number of nitriles is 1. The number of rotatable bonds is 2. The molecule has 1 atom stereocenters. The number of aliphatic hydroxyl groups excluding tert-OH is 1. The van der Waals surface area contributed by atoms with Crippen molar-refractivity contribution in [2.24, 2.45) is 0 Å². The number of hydrogen-bond acceptors (Lipinski definition) is 4. The number of hydrogen-bond donors (Lipinski definition) is 3. The minimum absolute atomic E-state index is 0.381. The van der Waals surface area contributed by atoms with Gasteiger partial charge in [-0.2, -0.15) is 5.26 Å². The average Bonchev–Trinajstić information content (AvgIpc) is 2.78. The van der Waals surface area contributed by atoms with Crippen LogP contribution >= 0.6 is 0 Å². The van der Waals surface area contributed by atoms with Crippen LogP contribution in [-0.2, 0) is 0 Å². The number of β-amino-alcohol motifs (C(OH)–C–C–N with tert-alkyl or cyclic N) is 1. The van der Waals surface area contributed by atoms with Crippen LogP contribution in [0.25, 0.3) is 5.57 Å². The van der Waals surface area contributed by atoms with Crippen molar-refractivity contribution in [1.29, 1.82) is 10.7 Å². The first-order valence-electron chi connectivity index (χ1n) is 5.82. The van der Waals surface area contributed by atoms with E-state index in [1.807, 2.05) is 19.1 Å². The molecular formula is C14H15N3O. The van der Waals surface area contributed by atoms with Crippen LogP contribution in [-0.4, -0.2) is 24.0 Å². The molecule has 4 nitrogen and oxygen atoms in total. The van der Waals surface area contributed by atoms with E-state index in [0.29, 0.717) is 18.5 Å². The fourth-order valence-electron chi connectivity index (χ4n) is 2.19. The standard InChI is InChI=1S/C14H15N3O/c1-9-4-10(6-15)2-3-12(9)13(7-16)14-5-11(18)8-17-14/h2-4,7,11,16-18H,5,8H2,1H3/b14-13+,16-7?/t11-/m0/s1. The number of allylic oxidation sites excluding steroid dienone is 1. The highest BCUT2D eigenvalue weighted by Crippen LogP contribution is 2.25. The predicted molar refractivity (Wildman–Crippen MR) is 70.2 cm³/mol. The second-order valence-electron chi connectivity index (χ2n) is 4.42. The van der Waals surface area contributed by atoms with E-state index >= 15 is 0 Å². The first-order chi connectivity index (χ1) is 8.65. The van der Waals surface area contributed by atoms with E-state index in [0.717, 1.165) is 22.4 Å². The quantitative estimate of drug-likeness (QED) is 0.688. The monoisotopic (exact) mass is 241 g/mol. The van der Waals surface area contributed by atoms with Crippen molar-refractivity contribution in [3.05, 3.63) is 40.6 Å². The molecule has 0 saturated carbocycles. The Balaban J connectivity index is 2.46. The molecule has 92 valence electrons. The largest absolute Gasteiger partial charge is 0.391 e. The zero-order chi connectivity index (χ0) is 13.1. The molecule has 1 aliphatic heterocycles. The fourth-order valence-corrected chi connectivity index (χ4v) is 2.19. The summed E-state index contributed by atoms with van der Waals surface area (Å²) in [5, 5.41) is 29.0. The van der Waals surface area contributed by atoms with Crippen molar-refractivity contribution in [3.8, 4) is 6.07 Å². The van der Waals surface area contributed by atoms with Gasteiger partial charge >= 0.3 is 0 Å². The van der Waals surface area contributed by atoms with E-state index in [1.165, 1.54) is 6.21 Å². The zero-order valence-electron chi connectivity index (χ0n) is 10.2. The van der Waals surface area contributed by atoms with E-state index < -0.39 is 0 Å². The topological polar surface area (TPSA) is 79.9 Å². The van der Waals surface area contributed by atoms with Gasteiger partial charge in [-0.15, -0.1) is 0 Å². The summed E-state index contributed by atoms with van der Waals surface area (Å²) in [5.41, 5.74) is 4.19. The van der Waals surface area contributed by atoms with Gasteiger partial charge in [0.25, 0.3) is 0 Å². The Morgan fingerprint density at radius 3 is 2.89 bits per heavy atom. The summed E-state index contributed by atoms with van der Waals surface area (Å²) in [6, 6.07) is 7.51. The van der Waals surface area contributed by atoms with Gasteiger partial charge in [-0.1, -0.05) is 6.07 Å². The van der Waals surface area contributed by atoms with E-state index in [-0.39, 0.29) is 6.10 Å². The molecule has 1 aromatic rings. The second kappa shape index (κ2) is 5.03. The lowest BCUT2D eigenvalue weighted by atomic mass is 9.97. The van der Waals surface area contributed by atoms with Crippen LogP contribution in [0.1, 0.15) is 23.1 Å². The van der Waals surface area contributed by atoms with Crippen LogP contribution in [0.3, 0.4) is 0 Å². The first kappa shape index (κ1) is 12.3. The second-order valence-corrected chi connectivity index (χ2v) is 4.42. The van der Waals surface area contributed by atoms with Crippen LogP contribution in [0.15, 0.2) is 23.9 Å². The smallest absolute Gasteiger partial charge is 0.0991 e. The van der Waals surface area contributed by atoms with Gasteiger partial charge in [0, 0.05) is 30.5 Å². The maximum absolute atomic E-state index is 9.53. The number of aryl methyl sites for hydroxylation is 1. The molecule has 1 aromatic carbocycles. The molecule has 3 N–H and O–H groups in total. The minimum Gasteiger partial charge on any atom is -0.391 e.